The monoisotopic (exact) mass is 276 g/mol. The number of benzene rings is 1. The molecule has 0 aliphatic carbocycles. The molecule has 0 spiro atoms. The molecule has 3 heteroatoms. The van der Waals surface area contributed by atoms with Crippen LogP contribution in [0.4, 0.5) is 0 Å². The number of nitrogens with one attached hydrogen (secondary N) is 1. The van der Waals surface area contributed by atoms with Gasteiger partial charge in [-0.25, -0.2) is 0 Å². The van der Waals surface area contributed by atoms with Gasteiger partial charge in [-0.2, -0.15) is 0 Å². The van der Waals surface area contributed by atoms with Gasteiger partial charge in [-0.3, -0.25) is 4.90 Å². The highest BCUT2D eigenvalue weighted by Gasteiger charge is 2.19. The molecular formula is C17H28N2O. The molecule has 0 aromatic heterocycles. The van der Waals surface area contributed by atoms with E-state index in [4.69, 9.17) is 4.74 Å². The Morgan fingerprint density at radius 2 is 1.85 bits per heavy atom. The van der Waals surface area contributed by atoms with Crippen LogP contribution in [-0.2, 0) is 17.8 Å². The van der Waals surface area contributed by atoms with Gasteiger partial charge >= 0.3 is 0 Å². The minimum atomic E-state index is 0.480. The zero-order valence-electron chi connectivity index (χ0n) is 12.9. The van der Waals surface area contributed by atoms with Crippen molar-refractivity contribution < 1.29 is 4.74 Å². The van der Waals surface area contributed by atoms with E-state index in [1.54, 1.807) is 0 Å². The molecule has 0 amide bonds. The van der Waals surface area contributed by atoms with Gasteiger partial charge in [-0.1, -0.05) is 31.2 Å². The van der Waals surface area contributed by atoms with Crippen molar-refractivity contribution in [1.82, 2.24) is 10.2 Å². The lowest BCUT2D eigenvalue weighted by molar-refractivity contribution is 0.0125. The van der Waals surface area contributed by atoms with E-state index < -0.39 is 0 Å². The summed E-state index contributed by atoms with van der Waals surface area (Å²) in [7, 11) is 0. The molecule has 112 valence electrons. The van der Waals surface area contributed by atoms with E-state index in [2.05, 4.69) is 48.3 Å². The smallest absolute Gasteiger partial charge is 0.0599 e. The quantitative estimate of drug-likeness (QED) is 0.829. The van der Waals surface area contributed by atoms with Crippen molar-refractivity contribution in [3.05, 3.63) is 35.4 Å². The van der Waals surface area contributed by atoms with Crippen molar-refractivity contribution in [1.29, 1.82) is 0 Å². The number of piperidine rings is 1. The van der Waals surface area contributed by atoms with E-state index in [-0.39, 0.29) is 0 Å². The maximum atomic E-state index is 5.72. The highest BCUT2D eigenvalue weighted by atomic mass is 16.5. The average molecular weight is 276 g/mol. The van der Waals surface area contributed by atoms with Gasteiger partial charge in [0, 0.05) is 32.8 Å². The van der Waals surface area contributed by atoms with Gasteiger partial charge in [0.05, 0.1) is 6.10 Å². The largest absolute Gasteiger partial charge is 0.378 e. The summed E-state index contributed by atoms with van der Waals surface area (Å²) in [5, 5.41) is 3.43. The first-order valence-corrected chi connectivity index (χ1v) is 7.95. The molecule has 1 saturated heterocycles. The number of hydrogen-bond acceptors (Lipinski definition) is 3. The van der Waals surface area contributed by atoms with Gasteiger partial charge < -0.3 is 10.1 Å². The minimum Gasteiger partial charge on any atom is -0.378 e. The third-order valence-electron chi connectivity index (χ3n) is 4.01. The average Bonchev–Trinajstić information content (AvgIpc) is 2.49. The Morgan fingerprint density at radius 3 is 2.50 bits per heavy atom. The molecular weight excluding hydrogens is 248 g/mol. The molecule has 0 atom stereocenters. The summed E-state index contributed by atoms with van der Waals surface area (Å²) in [6.45, 7) is 10.5. The normalized spacial score (nSPS) is 17.5. The fourth-order valence-electron chi connectivity index (χ4n) is 2.85. The Bertz CT molecular complexity index is 386. The molecule has 0 unspecified atom stereocenters. The summed E-state index contributed by atoms with van der Waals surface area (Å²) in [4.78, 5) is 2.56. The highest BCUT2D eigenvalue weighted by Crippen LogP contribution is 2.18. The van der Waals surface area contributed by atoms with Crippen molar-refractivity contribution >= 4 is 0 Å². The second kappa shape index (κ2) is 8.40. The first kappa shape index (κ1) is 15.5. The van der Waals surface area contributed by atoms with Crippen molar-refractivity contribution in [3.8, 4) is 0 Å². The number of hydrogen-bond donors (Lipinski definition) is 1. The van der Waals surface area contributed by atoms with Gasteiger partial charge in [0.1, 0.15) is 0 Å². The van der Waals surface area contributed by atoms with Crippen LogP contribution >= 0.6 is 0 Å². The summed E-state index contributed by atoms with van der Waals surface area (Å²) in [6.07, 6.45) is 2.82. The molecule has 1 aromatic carbocycles. The van der Waals surface area contributed by atoms with Crippen LogP contribution in [0.2, 0.25) is 0 Å². The molecule has 0 bridgehead atoms. The zero-order valence-corrected chi connectivity index (χ0v) is 12.9. The summed E-state index contributed by atoms with van der Waals surface area (Å²) >= 11 is 0. The molecule has 1 fully saturated rings. The molecule has 1 aromatic rings. The third kappa shape index (κ3) is 4.58. The first-order chi connectivity index (χ1) is 9.83. The van der Waals surface area contributed by atoms with Gasteiger partial charge in [-0.15, -0.1) is 0 Å². The molecule has 2 rings (SSSR count). The molecule has 20 heavy (non-hydrogen) atoms. The lowest BCUT2D eigenvalue weighted by atomic mass is 10.0. The van der Waals surface area contributed by atoms with Crippen LogP contribution in [0.3, 0.4) is 0 Å². The van der Waals surface area contributed by atoms with E-state index in [0.29, 0.717) is 6.10 Å². The Hall–Kier alpha value is -0.900. The van der Waals surface area contributed by atoms with Gasteiger partial charge in [0.2, 0.25) is 0 Å². The van der Waals surface area contributed by atoms with Gasteiger partial charge in [-0.05, 0) is 37.4 Å². The van der Waals surface area contributed by atoms with Crippen molar-refractivity contribution in [3.63, 3.8) is 0 Å². The number of ether oxygens (including phenoxy) is 1. The molecule has 1 heterocycles. The predicted molar refractivity (Wildman–Crippen MR) is 83.7 cm³/mol. The molecule has 0 saturated carbocycles. The van der Waals surface area contributed by atoms with E-state index in [9.17, 15) is 0 Å². The van der Waals surface area contributed by atoms with Gasteiger partial charge in [0.25, 0.3) is 0 Å². The van der Waals surface area contributed by atoms with Crippen LogP contribution in [-0.4, -0.2) is 37.2 Å². The topological polar surface area (TPSA) is 24.5 Å². The van der Waals surface area contributed by atoms with Crippen molar-refractivity contribution in [2.24, 2.45) is 0 Å². The van der Waals surface area contributed by atoms with Crippen molar-refractivity contribution in [2.45, 2.75) is 45.9 Å². The summed E-state index contributed by atoms with van der Waals surface area (Å²) in [6, 6.07) is 8.79. The first-order valence-electron chi connectivity index (χ1n) is 7.95. The fourth-order valence-corrected chi connectivity index (χ4v) is 2.85. The zero-order chi connectivity index (χ0) is 14.2. The number of likely N-dealkylation sites (tertiary alicyclic amines) is 1. The third-order valence-corrected chi connectivity index (χ3v) is 4.01. The Morgan fingerprint density at radius 1 is 1.15 bits per heavy atom. The number of nitrogens with zero attached hydrogens (tertiary/aromatic N) is 1. The van der Waals surface area contributed by atoms with Gasteiger partial charge in [0.15, 0.2) is 0 Å². The van der Waals surface area contributed by atoms with Crippen LogP contribution in [0.15, 0.2) is 24.3 Å². The summed E-state index contributed by atoms with van der Waals surface area (Å²) in [5.41, 5.74) is 2.89. The highest BCUT2D eigenvalue weighted by molar-refractivity contribution is 5.27. The van der Waals surface area contributed by atoms with Crippen LogP contribution in [0.1, 0.15) is 37.8 Å². The predicted octanol–water partition coefficient (Wildman–Crippen LogP) is 2.80. The fraction of sp³-hybridized carbons (Fsp3) is 0.647. The lowest BCUT2D eigenvalue weighted by Gasteiger charge is -2.32. The van der Waals surface area contributed by atoms with E-state index in [1.807, 2.05) is 0 Å². The van der Waals surface area contributed by atoms with E-state index >= 15 is 0 Å². The molecule has 0 radical (unpaired) electrons. The lowest BCUT2D eigenvalue weighted by Crippen LogP contribution is -2.36. The standard InChI is InChI=1S/C17H28N2O/c1-3-18-13-15-7-5-6-8-16(15)14-19-11-9-17(10-12-19)20-4-2/h5-8,17-18H,3-4,9-14H2,1-2H3. The molecule has 1 N–H and O–H groups in total. The molecule has 1 aliphatic rings. The maximum absolute atomic E-state index is 5.72. The van der Waals surface area contributed by atoms with Crippen LogP contribution in [0, 0.1) is 0 Å². The maximum Gasteiger partial charge on any atom is 0.0599 e. The number of rotatable bonds is 7. The molecule has 1 aliphatic heterocycles. The van der Waals surface area contributed by atoms with Crippen molar-refractivity contribution in [2.75, 3.05) is 26.2 Å². The second-order valence-electron chi connectivity index (χ2n) is 5.48. The van der Waals surface area contributed by atoms with Crippen LogP contribution in [0.5, 0.6) is 0 Å². The van der Waals surface area contributed by atoms with E-state index in [1.165, 1.54) is 24.0 Å². The summed E-state index contributed by atoms with van der Waals surface area (Å²) < 4.78 is 5.72. The minimum absolute atomic E-state index is 0.480. The Balaban J connectivity index is 1.87. The van der Waals surface area contributed by atoms with E-state index in [0.717, 1.165) is 39.3 Å². The second-order valence-corrected chi connectivity index (χ2v) is 5.48. The summed E-state index contributed by atoms with van der Waals surface area (Å²) in [5.74, 6) is 0. The Labute approximate surface area is 123 Å². The molecule has 3 nitrogen and oxygen atoms in total. The Kier molecular flexibility index (Phi) is 6.51. The van der Waals surface area contributed by atoms with Crippen LogP contribution in [0.25, 0.3) is 0 Å². The SMILES string of the molecule is CCNCc1ccccc1CN1CCC(OCC)CC1. The van der Waals surface area contributed by atoms with Crippen LogP contribution < -0.4 is 5.32 Å².